The third-order valence-corrected chi connectivity index (χ3v) is 11.0. The fourth-order valence-electron chi connectivity index (χ4n) is 4.17. The van der Waals surface area contributed by atoms with E-state index in [0.717, 1.165) is 0 Å². The van der Waals surface area contributed by atoms with E-state index in [1.54, 1.807) is 24.6 Å². The number of hydrogen-bond donors (Lipinski definition) is 0. The molecule has 0 bridgehead atoms. The summed E-state index contributed by atoms with van der Waals surface area (Å²) in [5.74, 6) is 0. The van der Waals surface area contributed by atoms with E-state index >= 15 is 0 Å². The maximum atomic E-state index is 9.75. The van der Waals surface area contributed by atoms with Gasteiger partial charge in [-0.05, 0) is 51.4 Å². The molecule has 0 heterocycles. The Bertz CT molecular complexity index is 278. The number of halogens is 4. The highest BCUT2D eigenvalue weighted by Gasteiger charge is 2.34. The van der Waals surface area contributed by atoms with Crippen molar-refractivity contribution in [3.8, 4) is 0 Å². The van der Waals surface area contributed by atoms with Gasteiger partial charge >= 0.3 is 7.25 Å². The Labute approximate surface area is 187 Å². The summed E-state index contributed by atoms with van der Waals surface area (Å²) >= 11 is 0. The van der Waals surface area contributed by atoms with Crippen LogP contribution in [0.4, 0.5) is 17.3 Å². The van der Waals surface area contributed by atoms with Gasteiger partial charge in [-0.3, -0.25) is 0 Å². The lowest BCUT2D eigenvalue weighted by Crippen LogP contribution is -2.13. The normalized spacial score (nSPS) is 12.0. The minimum Gasteiger partial charge on any atom is -0.418 e. The van der Waals surface area contributed by atoms with Gasteiger partial charge in [0, 0.05) is 7.26 Å². The molecule has 0 aliphatic heterocycles. The zero-order valence-electron chi connectivity index (χ0n) is 20.7. The van der Waals surface area contributed by atoms with Gasteiger partial charge in [-0.15, -0.1) is 0 Å². The monoisotopic (exact) mass is 458 g/mol. The lowest BCUT2D eigenvalue weighted by Gasteiger charge is -2.28. The van der Waals surface area contributed by atoms with Crippen LogP contribution in [0.25, 0.3) is 0 Å². The topological polar surface area (TPSA) is 0 Å². The highest BCUT2D eigenvalue weighted by atomic mass is 31.2. The van der Waals surface area contributed by atoms with Crippen LogP contribution in [0.1, 0.15) is 130 Å². The minimum atomic E-state index is -6.00. The van der Waals surface area contributed by atoms with Crippen molar-refractivity contribution < 1.29 is 17.3 Å². The van der Waals surface area contributed by atoms with E-state index in [4.69, 9.17) is 0 Å². The summed E-state index contributed by atoms with van der Waals surface area (Å²) < 4.78 is 39.0. The highest BCUT2D eigenvalue weighted by Crippen LogP contribution is 2.61. The zero-order valence-corrected chi connectivity index (χ0v) is 21.6. The van der Waals surface area contributed by atoms with Gasteiger partial charge in [0.05, 0.1) is 24.6 Å². The molecule has 0 rings (SSSR count). The lowest BCUT2D eigenvalue weighted by molar-refractivity contribution is 0.368. The molecule has 0 fully saturated rings. The molecule has 0 spiro atoms. The molecule has 184 valence electrons. The van der Waals surface area contributed by atoms with E-state index in [-0.39, 0.29) is 0 Å². The van der Waals surface area contributed by atoms with Gasteiger partial charge in [-0.25, -0.2) is 0 Å². The third-order valence-electron chi connectivity index (χ3n) is 5.94. The molecule has 0 aliphatic carbocycles. The van der Waals surface area contributed by atoms with Crippen LogP contribution in [0.5, 0.6) is 0 Å². The first-order valence-corrected chi connectivity index (χ1v) is 15.5. The maximum absolute atomic E-state index is 9.75. The third kappa shape index (κ3) is 26.3. The van der Waals surface area contributed by atoms with E-state index in [2.05, 4.69) is 27.7 Å². The number of unbranched alkanes of at least 4 members (excludes halogenated alkanes) is 12. The van der Waals surface area contributed by atoms with E-state index in [1.807, 2.05) is 0 Å². The fraction of sp³-hybridized carbons (Fsp3) is 1.00. The zero-order chi connectivity index (χ0) is 23.1. The molecule has 0 atom stereocenters. The average molecular weight is 458 g/mol. The number of rotatable bonds is 20. The van der Waals surface area contributed by atoms with Gasteiger partial charge in [0.2, 0.25) is 0 Å². The van der Waals surface area contributed by atoms with Crippen LogP contribution in [0.2, 0.25) is 0 Å². The highest BCUT2D eigenvalue weighted by molar-refractivity contribution is 7.75. The predicted octanol–water partition coefficient (Wildman–Crippen LogP) is 10.6. The molecule has 0 unspecified atom stereocenters. The van der Waals surface area contributed by atoms with Crippen molar-refractivity contribution >= 4 is 14.5 Å². The largest absolute Gasteiger partial charge is 0.673 e. The molecule has 0 aromatic heterocycles. The maximum Gasteiger partial charge on any atom is 0.673 e. The van der Waals surface area contributed by atoms with Crippen molar-refractivity contribution in [2.45, 2.75) is 130 Å². The molecule has 0 aliphatic rings. The smallest absolute Gasteiger partial charge is 0.418 e. The van der Waals surface area contributed by atoms with Crippen LogP contribution in [-0.4, -0.2) is 31.9 Å². The molecule has 0 N–H and O–H groups in total. The quantitative estimate of drug-likeness (QED) is 0.0737. The van der Waals surface area contributed by atoms with E-state index in [1.165, 1.54) is 103 Å². The summed E-state index contributed by atoms with van der Waals surface area (Å²) in [6.07, 6.45) is 30.1. The summed E-state index contributed by atoms with van der Waals surface area (Å²) in [5.41, 5.74) is 0. The average Bonchev–Trinajstić information content (AvgIpc) is 2.68. The van der Waals surface area contributed by atoms with Gasteiger partial charge in [0.1, 0.15) is 0 Å². The fourth-order valence-corrected chi connectivity index (χ4v) is 9.09. The Balaban J connectivity index is 0. The standard InChI is InChI=1S/C24H52P.BF4/c1-5-9-13-17-21-25(22-18-14-10-6-2,23-19-15-11-7-3)24-20-16-12-8-4;2-1(3,4)5/h5-24H2,1-4H3;/q+1;-1. The van der Waals surface area contributed by atoms with Crippen LogP contribution < -0.4 is 0 Å². The minimum absolute atomic E-state index is 0.657. The summed E-state index contributed by atoms with van der Waals surface area (Å²) in [6, 6.07) is 0. The molecule has 0 radical (unpaired) electrons. The molecule has 0 amide bonds. The van der Waals surface area contributed by atoms with Crippen molar-refractivity contribution in [3.05, 3.63) is 0 Å². The summed E-state index contributed by atoms with van der Waals surface area (Å²) in [5, 5.41) is 0. The Morgan fingerprint density at radius 1 is 0.400 bits per heavy atom. The van der Waals surface area contributed by atoms with Crippen LogP contribution >= 0.6 is 7.26 Å². The first-order chi connectivity index (χ1) is 14.2. The predicted molar refractivity (Wildman–Crippen MR) is 133 cm³/mol. The number of hydrogen-bond acceptors (Lipinski definition) is 0. The SMILES string of the molecule is CCCCCC[P+](CCCCCC)(CCCCCC)CCCCCC.F[B-](F)(F)F. The second-order valence-corrected chi connectivity index (χ2v) is 13.4. The molecule has 0 aromatic rings. The molecular weight excluding hydrogens is 406 g/mol. The van der Waals surface area contributed by atoms with Gasteiger partial charge < -0.3 is 17.3 Å². The van der Waals surface area contributed by atoms with Crippen LogP contribution in [0.15, 0.2) is 0 Å². The van der Waals surface area contributed by atoms with Crippen molar-refractivity contribution in [1.82, 2.24) is 0 Å². The van der Waals surface area contributed by atoms with E-state index in [0.29, 0.717) is 0 Å². The Hall–Kier alpha value is 0.215. The van der Waals surface area contributed by atoms with Crippen LogP contribution in [0, 0.1) is 0 Å². The lowest BCUT2D eigenvalue weighted by atomic mass is 10.2. The van der Waals surface area contributed by atoms with Crippen LogP contribution in [-0.2, 0) is 0 Å². The molecular formula is C24H52BF4P. The first kappa shape index (κ1) is 32.4. The van der Waals surface area contributed by atoms with Gasteiger partial charge in [0.25, 0.3) is 0 Å². The molecule has 0 saturated carbocycles. The Morgan fingerprint density at radius 2 is 0.600 bits per heavy atom. The molecule has 0 aromatic carbocycles. The second-order valence-electron chi connectivity index (χ2n) is 8.97. The first-order valence-electron chi connectivity index (χ1n) is 13.0. The summed E-state index contributed by atoms with van der Waals surface area (Å²) in [4.78, 5) is 0. The second kappa shape index (κ2) is 22.4. The van der Waals surface area contributed by atoms with Crippen molar-refractivity contribution in [3.63, 3.8) is 0 Å². The van der Waals surface area contributed by atoms with Crippen molar-refractivity contribution in [2.24, 2.45) is 0 Å². The molecule has 0 saturated heterocycles. The Morgan fingerprint density at radius 3 is 0.767 bits per heavy atom. The van der Waals surface area contributed by atoms with Crippen LogP contribution in [0.3, 0.4) is 0 Å². The van der Waals surface area contributed by atoms with Crippen molar-refractivity contribution in [1.29, 1.82) is 0 Å². The Kier molecular flexibility index (Phi) is 24.2. The molecule has 6 heteroatoms. The van der Waals surface area contributed by atoms with E-state index in [9.17, 15) is 17.3 Å². The molecule has 0 nitrogen and oxygen atoms in total. The summed E-state index contributed by atoms with van der Waals surface area (Å²) in [6.45, 7) is 9.40. The van der Waals surface area contributed by atoms with Gasteiger partial charge in [0.15, 0.2) is 0 Å². The summed E-state index contributed by atoms with van der Waals surface area (Å²) in [7, 11) is -6.66. The van der Waals surface area contributed by atoms with Gasteiger partial charge in [-0.2, -0.15) is 0 Å². The van der Waals surface area contributed by atoms with Gasteiger partial charge in [-0.1, -0.05) is 79.1 Å². The molecule has 30 heavy (non-hydrogen) atoms. The van der Waals surface area contributed by atoms with Crippen molar-refractivity contribution in [2.75, 3.05) is 24.6 Å². The van der Waals surface area contributed by atoms with E-state index < -0.39 is 14.5 Å².